The molecule has 6 N–H and O–H groups in total. The fourth-order valence-corrected chi connectivity index (χ4v) is 1.14. The molecule has 0 bridgehead atoms. The van der Waals surface area contributed by atoms with Gasteiger partial charge in [-0.25, -0.2) is 19.2 Å². The van der Waals surface area contributed by atoms with Crippen molar-refractivity contribution in [2.45, 2.75) is 18.5 Å². The highest BCUT2D eigenvalue weighted by molar-refractivity contribution is 5.97. The van der Waals surface area contributed by atoms with Gasteiger partial charge < -0.3 is 20.4 Å². The first-order chi connectivity index (χ1) is 8.77. The van der Waals surface area contributed by atoms with Gasteiger partial charge >= 0.3 is 23.9 Å². The summed E-state index contributed by atoms with van der Waals surface area (Å²) in [6.45, 7) is -0.0511. The first-order valence-corrected chi connectivity index (χ1v) is 5.15. The van der Waals surface area contributed by atoms with Gasteiger partial charge in [-0.05, 0) is 19.5 Å². The SMILES string of the molecule is O=C(O)C(NCCCNC(C(=O)O)C(=O)O)C(=O)O. The van der Waals surface area contributed by atoms with Crippen molar-refractivity contribution in [2.75, 3.05) is 13.1 Å². The van der Waals surface area contributed by atoms with Gasteiger partial charge in [0.15, 0.2) is 0 Å². The van der Waals surface area contributed by atoms with Crippen molar-refractivity contribution in [1.82, 2.24) is 10.6 Å². The van der Waals surface area contributed by atoms with Crippen LogP contribution in [0.3, 0.4) is 0 Å². The van der Waals surface area contributed by atoms with E-state index in [1.165, 1.54) is 0 Å². The molecule has 0 aliphatic rings. The molecule has 0 heterocycles. The zero-order valence-corrected chi connectivity index (χ0v) is 9.70. The summed E-state index contributed by atoms with van der Waals surface area (Å²) >= 11 is 0. The van der Waals surface area contributed by atoms with Crippen LogP contribution in [0.5, 0.6) is 0 Å². The zero-order valence-electron chi connectivity index (χ0n) is 9.70. The number of carbonyl (C=O) groups is 4. The van der Waals surface area contributed by atoms with Gasteiger partial charge in [-0.3, -0.25) is 10.6 Å². The third-order valence-corrected chi connectivity index (χ3v) is 2.04. The van der Waals surface area contributed by atoms with Gasteiger partial charge in [0.05, 0.1) is 0 Å². The van der Waals surface area contributed by atoms with Crippen molar-refractivity contribution in [2.24, 2.45) is 0 Å². The first kappa shape index (κ1) is 16.8. The van der Waals surface area contributed by atoms with Gasteiger partial charge in [-0.1, -0.05) is 0 Å². The van der Waals surface area contributed by atoms with Gasteiger partial charge in [0.2, 0.25) is 12.1 Å². The van der Waals surface area contributed by atoms with Crippen LogP contribution >= 0.6 is 0 Å². The van der Waals surface area contributed by atoms with Crippen LogP contribution in [0.15, 0.2) is 0 Å². The maximum atomic E-state index is 10.5. The fourth-order valence-electron chi connectivity index (χ4n) is 1.14. The lowest BCUT2D eigenvalue weighted by Crippen LogP contribution is -2.46. The molecule has 19 heavy (non-hydrogen) atoms. The molecule has 0 radical (unpaired) electrons. The minimum Gasteiger partial charge on any atom is -0.480 e. The van der Waals surface area contributed by atoms with Crippen molar-refractivity contribution < 1.29 is 39.6 Å². The average molecular weight is 278 g/mol. The molecular weight excluding hydrogens is 264 g/mol. The Balaban J connectivity index is 3.98. The van der Waals surface area contributed by atoms with Crippen LogP contribution in [0, 0.1) is 0 Å². The van der Waals surface area contributed by atoms with Crippen molar-refractivity contribution in [3.63, 3.8) is 0 Å². The largest absolute Gasteiger partial charge is 0.480 e. The predicted octanol–water partition coefficient (Wildman–Crippen LogP) is -2.37. The molecule has 10 heteroatoms. The van der Waals surface area contributed by atoms with Crippen molar-refractivity contribution >= 4 is 23.9 Å². The minimum absolute atomic E-state index is 0.0256. The van der Waals surface area contributed by atoms with Gasteiger partial charge in [-0.2, -0.15) is 0 Å². The second-order valence-electron chi connectivity index (χ2n) is 3.48. The van der Waals surface area contributed by atoms with Crippen molar-refractivity contribution in [1.29, 1.82) is 0 Å². The quantitative estimate of drug-likeness (QED) is 0.187. The smallest absolute Gasteiger partial charge is 0.332 e. The Morgan fingerprint density at radius 2 is 0.947 bits per heavy atom. The summed E-state index contributed by atoms with van der Waals surface area (Å²) in [5, 5.41) is 38.5. The normalized spacial score (nSPS) is 10.6. The van der Waals surface area contributed by atoms with Crippen LogP contribution in [-0.2, 0) is 19.2 Å². The van der Waals surface area contributed by atoms with E-state index in [9.17, 15) is 19.2 Å². The van der Waals surface area contributed by atoms with E-state index in [2.05, 4.69) is 10.6 Å². The summed E-state index contributed by atoms with van der Waals surface area (Å²) in [6.07, 6.45) is 0.161. The Kier molecular flexibility index (Phi) is 7.07. The molecule has 0 aliphatic heterocycles. The topological polar surface area (TPSA) is 173 Å². The molecule has 0 atom stereocenters. The average Bonchev–Trinajstić information content (AvgIpc) is 2.25. The van der Waals surface area contributed by atoms with Crippen molar-refractivity contribution in [3.05, 3.63) is 0 Å². The molecule has 0 fully saturated rings. The van der Waals surface area contributed by atoms with E-state index in [4.69, 9.17) is 20.4 Å². The molecular formula is C9H14N2O8. The molecule has 0 aliphatic carbocycles. The molecule has 0 rings (SSSR count). The van der Waals surface area contributed by atoms with Crippen LogP contribution in [0.25, 0.3) is 0 Å². The lowest BCUT2D eigenvalue weighted by molar-refractivity contribution is -0.152. The summed E-state index contributed by atoms with van der Waals surface area (Å²) in [5.74, 6) is -6.19. The van der Waals surface area contributed by atoms with E-state index in [0.717, 1.165) is 0 Å². The Hall–Kier alpha value is -2.20. The molecule has 108 valence electrons. The molecule has 0 saturated heterocycles. The number of carboxylic acid groups (broad SMARTS) is 4. The second-order valence-corrected chi connectivity index (χ2v) is 3.48. The van der Waals surface area contributed by atoms with E-state index in [1.54, 1.807) is 0 Å². The van der Waals surface area contributed by atoms with Crippen LogP contribution in [0.4, 0.5) is 0 Å². The predicted molar refractivity (Wildman–Crippen MR) is 58.7 cm³/mol. The Morgan fingerprint density at radius 1 is 0.684 bits per heavy atom. The van der Waals surface area contributed by atoms with E-state index in [0.29, 0.717) is 0 Å². The molecule has 0 saturated carbocycles. The Bertz CT molecular complexity index is 307. The van der Waals surface area contributed by atoms with E-state index in [1.807, 2.05) is 0 Å². The third kappa shape index (κ3) is 6.33. The maximum Gasteiger partial charge on any atom is 0.332 e. The first-order valence-electron chi connectivity index (χ1n) is 5.15. The summed E-state index contributed by atoms with van der Waals surface area (Å²) < 4.78 is 0. The molecule has 0 amide bonds. The number of carboxylic acids is 4. The summed E-state index contributed by atoms with van der Waals surface area (Å²) in [6, 6.07) is -3.51. The third-order valence-electron chi connectivity index (χ3n) is 2.04. The monoisotopic (exact) mass is 278 g/mol. The molecule has 10 nitrogen and oxygen atoms in total. The molecule has 0 aromatic rings. The minimum atomic E-state index is -1.75. The summed E-state index contributed by atoms with van der Waals surface area (Å²) in [5.41, 5.74) is 0. The van der Waals surface area contributed by atoms with Gasteiger partial charge in [-0.15, -0.1) is 0 Å². The van der Waals surface area contributed by atoms with Crippen LogP contribution in [-0.4, -0.2) is 69.5 Å². The Morgan fingerprint density at radius 3 is 1.16 bits per heavy atom. The summed E-state index contributed by atoms with van der Waals surface area (Å²) in [7, 11) is 0. The van der Waals surface area contributed by atoms with Gasteiger partial charge in [0, 0.05) is 0 Å². The second kappa shape index (κ2) is 8.00. The standard InChI is InChI=1S/C9H14N2O8/c12-6(13)4(7(14)15)10-2-1-3-11-5(8(16)17)9(18)19/h4-5,10-11H,1-3H2,(H,12,13)(H,14,15)(H,16,17)(H,18,19). The van der Waals surface area contributed by atoms with Gasteiger partial charge in [0.1, 0.15) is 0 Å². The fraction of sp³-hybridized carbons (Fsp3) is 0.556. The maximum absolute atomic E-state index is 10.5. The molecule has 0 aromatic heterocycles. The number of hydrogen-bond acceptors (Lipinski definition) is 6. The molecule has 0 aromatic carbocycles. The van der Waals surface area contributed by atoms with E-state index in [-0.39, 0.29) is 19.5 Å². The lowest BCUT2D eigenvalue weighted by Gasteiger charge is -2.12. The van der Waals surface area contributed by atoms with Crippen molar-refractivity contribution in [3.8, 4) is 0 Å². The highest BCUT2D eigenvalue weighted by atomic mass is 16.4. The van der Waals surface area contributed by atoms with Crippen LogP contribution < -0.4 is 10.6 Å². The highest BCUT2D eigenvalue weighted by Crippen LogP contribution is 1.88. The van der Waals surface area contributed by atoms with Crippen LogP contribution in [0.2, 0.25) is 0 Å². The Labute approximate surface area is 107 Å². The van der Waals surface area contributed by atoms with E-state index >= 15 is 0 Å². The van der Waals surface area contributed by atoms with Gasteiger partial charge in [0.25, 0.3) is 0 Å². The number of rotatable bonds is 10. The zero-order chi connectivity index (χ0) is 15.0. The highest BCUT2D eigenvalue weighted by Gasteiger charge is 2.26. The lowest BCUT2D eigenvalue weighted by atomic mass is 10.2. The molecule has 0 spiro atoms. The molecule has 0 unspecified atom stereocenters. The summed E-state index contributed by atoms with van der Waals surface area (Å²) in [4.78, 5) is 41.9. The number of aliphatic carboxylic acids is 4. The number of nitrogens with one attached hydrogen (secondary N) is 2. The van der Waals surface area contributed by atoms with E-state index < -0.39 is 36.0 Å². The van der Waals surface area contributed by atoms with Crippen LogP contribution in [0.1, 0.15) is 6.42 Å². The number of hydrogen-bond donors (Lipinski definition) is 6.